The maximum Gasteiger partial charge on any atom is 0.135 e. The molecule has 0 saturated carbocycles. The van der Waals surface area contributed by atoms with E-state index in [1.807, 2.05) is 135 Å². The van der Waals surface area contributed by atoms with Gasteiger partial charge in [-0.1, -0.05) is 193 Å². The molecule has 394 valence electrons. The summed E-state index contributed by atoms with van der Waals surface area (Å²) in [4.78, 5) is 8.96. The second-order valence-corrected chi connectivity index (χ2v) is 22.8. The van der Waals surface area contributed by atoms with Gasteiger partial charge >= 0.3 is 0 Å². The molecule has 1 aliphatic carbocycles. The number of ether oxygens (including phenoxy) is 1. The van der Waals surface area contributed by atoms with Crippen molar-refractivity contribution in [3.05, 3.63) is 247 Å². The summed E-state index contributed by atoms with van der Waals surface area (Å²) in [7, 11) is 0. The van der Waals surface area contributed by atoms with Crippen molar-refractivity contribution in [1.82, 2.24) is 9.55 Å². The van der Waals surface area contributed by atoms with Crippen LogP contribution in [0.5, 0.6) is 11.5 Å². The van der Waals surface area contributed by atoms with Crippen molar-refractivity contribution < 1.29 is 39.5 Å². The molecule has 0 N–H and O–H groups in total. The van der Waals surface area contributed by atoms with Crippen molar-refractivity contribution in [3.63, 3.8) is 0 Å². The number of hydrogen-bond donors (Lipinski definition) is 0. The smallest absolute Gasteiger partial charge is 0.135 e. The number of hydrogen-bond acceptors (Lipinski definition) is 4. The molecule has 0 unspecified atom stereocenters. The van der Waals surface area contributed by atoms with E-state index in [4.69, 9.17) is 17.9 Å². The van der Waals surface area contributed by atoms with E-state index in [1.165, 1.54) is 28.0 Å². The second-order valence-electron chi connectivity index (χ2n) is 22.8. The van der Waals surface area contributed by atoms with Crippen LogP contribution in [0.25, 0.3) is 72.1 Å². The first-order valence-corrected chi connectivity index (χ1v) is 26.6. The Balaban J connectivity index is 0.00000769. The normalized spacial score (nSPS) is 16.4. The van der Waals surface area contributed by atoms with Crippen LogP contribution in [0.1, 0.15) is 97.3 Å². The van der Waals surface area contributed by atoms with Gasteiger partial charge in [0.1, 0.15) is 5.82 Å². The van der Waals surface area contributed by atoms with Gasteiger partial charge in [-0.05, 0) is 122 Å². The van der Waals surface area contributed by atoms with Gasteiger partial charge in [0.2, 0.25) is 0 Å². The third-order valence-electron chi connectivity index (χ3n) is 15.6. The van der Waals surface area contributed by atoms with Gasteiger partial charge < -0.3 is 19.1 Å². The molecule has 3 heterocycles. The SMILES string of the molecule is [2H]c1c(-c2ccccc2)c([2H])c(C(C)(C)C)c([2H])c1-c1cccc(-c2ccc3c(c2)C(C)(C)CCC3(C)C)c1N1[CH-]N(c2[c-]c(Oc3[c-]c4c(cc3)c3c([2H])c([2H])c([2H])c([2H])c3n4-c3cc(C([2H])([2H])[2H])c(-c4ccccc4)cn3)ccc2)c2ccccc21.[Pt]. The minimum atomic E-state index is -2.58. The van der Waals surface area contributed by atoms with Gasteiger partial charge in [0.15, 0.2) is 0 Å². The molecule has 2 aromatic heterocycles. The van der Waals surface area contributed by atoms with E-state index >= 15 is 0 Å². The van der Waals surface area contributed by atoms with Crippen molar-refractivity contribution in [2.24, 2.45) is 0 Å². The fraction of sp³-hybridized carbons (Fsp3) is 0.178. The van der Waals surface area contributed by atoms with E-state index in [0.717, 1.165) is 46.6 Å². The number of fused-ring (bicyclic) bond motifs is 5. The Morgan fingerprint density at radius 2 is 1.25 bits per heavy atom. The minimum absolute atomic E-state index is 0. The largest absolute Gasteiger partial charge is 0.509 e. The van der Waals surface area contributed by atoms with Crippen molar-refractivity contribution in [2.45, 2.75) is 84.4 Å². The third-order valence-corrected chi connectivity index (χ3v) is 15.6. The number of pyridine rings is 1. The minimum Gasteiger partial charge on any atom is -0.509 e. The number of anilines is 4. The molecule has 13 rings (SSSR count). The maximum absolute atomic E-state index is 10.2. The molecule has 0 amide bonds. The van der Waals surface area contributed by atoms with Crippen LogP contribution in [0.2, 0.25) is 0 Å². The Kier molecular flexibility index (Phi) is 10.4. The molecule has 79 heavy (non-hydrogen) atoms. The maximum atomic E-state index is 10.2. The summed E-state index contributed by atoms with van der Waals surface area (Å²) in [6.07, 6.45) is 3.58. The van der Waals surface area contributed by atoms with Crippen molar-refractivity contribution in [3.8, 4) is 61.8 Å². The average molecular weight is 1220 g/mol. The first-order chi connectivity index (χ1) is 41.8. The van der Waals surface area contributed by atoms with E-state index in [-0.39, 0.29) is 90.1 Å². The van der Waals surface area contributed by atoms with Crippen LogP contribution in [-0.2, 0) is 37.3 Å². The summed E-state index contributed by atoms with van der Waals surface area (Å²) < 4.78 is 99.8. The van der Waals surface area contributed by atoms with E-state index in [0.29, 0.717) is 55.7 Å². The Morgan fingerprint density at radius 1 is 0.595 bits per heavy atom. The summed E-state index contributed by atoms with van der Waals surface area (Å²) in [5.41, 5.74) is 11.1. The summed E-state index contributed by atoms with van der Waals surface area (Å²) in [6, 6.07) is 56.0. The summed E-state index contributed by atoms with van der Waals surface area (Å²) >= 11 is 0. The molecule has 0 saturated heterocycles. The second kappa shape index (κ2) is 20.0. The molecule has 11 aromatic rings. The van der Waals surface area contributed by atoms with E-state index in [9.17, 15) is 5.48 Å². The van der Waals surface area contributed by atoms with Crippen LogP contribution in [0, 0.1) is 25.7 Å². The van der Waals surface area contributed by atoms with Crippen LogP contribution in [0.3, 0.4) is 0 Å². The topological polar surface area (TPSA) is 33.5 Å². The van der Waals surface area contributed by atoms with Crippen LogP contribution in [0.4, 0.5) is 22.7 Å². The molecule has 0 bridgehead atoms. The number of para-hydroxylation sites is 4. The zero-order valence-electron chi connectivity index (χ0n) is 55.1. The molecular formula is C73H63N4OPt-3. The first kappa shape index (κ1) is 41.1. The molecule has 0 atom stereocenters. The zero-order valence-corrected chi connectivity index (χ0v) is 47.4. The van der Waals surface area contributed by atoms with Crippen molar-refractivity contribution >= 4 is 44.6 Å². The average Bonchev–Trinajstić information content (AvgIpc) is 1.72. The van der Waals surface area contributed by atoms with Crippen LogP contribution >= 0.6 is 0 Å². The van der Waals surface area contributed by atoms with Crippen LogP contribution in [0.15, 0.2) is 206 Å². The van der Waals surface area contributed by atoms with E-state index < -0.39 is 24.4 Å². The van der Waals surface area contributed by atoms with Gasteiger partial charge in [0.25, 0.3) is 0 Å². The van der Waals surface area contributed by atoms with E-state index in [1.54, 1.807) is 18.2 Å². The fourth-order valence-electron chi connectivity index (χ4n) is 11.3. The standard InChI is InChI=1S/C73H63N4O.Pt/c1-48-39-69(74-46-62(48)50-23-13-10-14-24-50)77-65-30-16-15-27-60(65)61-35-34-57(45-68(61)77)78-56-26-19-25-55(44-56)75-47-76(67-32-18-17-31-66(67)75)70-58(51-33-36-63-64(43-51)73(7,8)38-37-72(63,5)6)28-20-29-59(70)53-40-52(49-21-11-9-12-22-49)41-54(42-53)71(2,3)4;/h9-36,39-43,46-47H,37-38H2,1-8H3;/q-3;/i1D3,15D,16D,27D,30D,40D,41D,42D;. The zero-order chi connectivity index (χ0) is 62.1. The molecule has 0 radical (unpaired) electrons. The Morgan fingerprint density at radius 3 is 2.00 bits per heavy atom. The summed E-state index contributed by atoms with van der Waals surface area (Å²) in [5.74, 6) is 0.657. The third kappa shape index (κ3) is 9.36. The number of nitrogens with zero attached hydrogens (tertiary/aromatic N) is 4. The molecule has 1 aliphatic heterocycles. The predicted molar refractivity (Wildman–Crippen MR) is 325 cm³/mol. The van der Waals surface area contributed by atoms with Gasteiger partial charge in [0, 0.05) is 82.1 Å². The Bertz CT molecular complexity index is 4650. The number of benzene rings is 9. The predicted octanol–water partition coefficient (Wildman–Crippen LogP) is 19.6. The molecule has 0 spiro atoms. The van der Waals surface area contributed by atoms with E-state index in [2.05, 4.69) is 75.1 Å². The first-order valence-electron chi connectivity index (χ1n) is 31.6. The summed E-state index contributed by atoms with van der Waals surface area (Å²) in [6.45, 7) is 14.8. The molecular weight excluding hydrogens is 1140 g/mol. The molecule has 5 nitrogen and oxygen atoms in total. The van der Waals surface area contributed by atoms with Crippen molar-refractivity contribution in [2.75, 3.05) is 9.80 Å². The quantitative estimate of drug-likeness (QED) is 0.135. The number of rotatable bonds is 9. The molecule has 9 aromatic carbocycles. The number of aromatic nitrogens is 2. The Labute approximate surface area is 494 Å². The number of aryl methyl sites for hydroxylation is 1. The Hall–Kier alpha value is -7.98. The fourth-order valence-corrected chi connectivity index (χ4v) is 11.3. The monoisotopic (exact) mass is 1220 g/mol. The van der Waals surface area contributed by atoms with Gasteiger partial charge in [-0.2, -0.15) is 12.1 Å². The van der Waals surface area contributed by atoms with Crippen LogP contribution < -0.4 is 14.5 Å². The van der Waals surface area contributed by atoms with Gasteiger partial charge in [-0.3, -0.25) is 0 Å². The van der Waals surface area contributed by atoms with Gasteiger partial charge in [-0.15, -0.1) is 48.1 Å². The van der Waals surface area contributed by atoms with Gasteiger partial charge in [0.05, 0.1) is 9.60 Å². The summed E-state index contributed by atoms with van der Waals surface area (Å²) in [5, 5.41) is 0.648. The molecule has 2 aliphatic rings. The van der Waals surface area contributed by atoms with Crippen molar-refractivity contribution in [1.29, 1.82) is 0 Å². The van der Waals surface area contributed by atoms with Crippen LogP contribution in [-0.4, -0.2) is 9.55 Å². The van der Waals surface area contributed by atoms with Gasteiger partial charge in [-0.25, -0.2) is 4.98 Å². The molecule has 6 heteroatoms. The molecule has 0 fully saturated rings.